The van der Waals surface area contributed by atoms with Crippen molar-refractivity contribution in [1.29, 1.82) is 0 Å². The fraction of sp³-hybridized carbons (Fsp3) is 0.118. The molecule has 0 atom stereocenters. The van der Waals surface area contributed by atoms with E-state index in [0.29, 0.717) is 0 Å². The van der Waals surface area contributed by atoms with Crippen molar-refractivity contribution < 1.29 is 9.13 Å². The molecule has 2 heteroatoms. The lowest BCUT2D eigenvalue weighted by Crippen LogP contribution is -2.33. The average molecular weight is 248 g/mol. The van der Waals surface area contributed by atoms with Crippen LogP contribution in [0.2, 0.25) is 0 Å². The maximum Gasteiger partial charge on any atom is 0.180 e. The van der Waals surface area contributed by atoms with Crippen LogP contribution in [-0.2, 0) is 13.6 Å². The smallest absolute Gasteiger partial charge is 0.180 e. The van der Waals surface area contributed by atoms with Crippen LogP contribution in [0.1, 0.15) is 0 Å². The van der Waals surface area contributed by atoms with Crippen molar-refractivity contribution in [2.45, 2.75) is 6.54 Å². The van der Waals surface area contributed by atoms with E-state index >= 15 is 0 Å². The number of pyridine rings is 2. The van der Waals surface area contributed by atoms with Crippen LogP contribution in [0, 0.1) is 0 Å². The number of allylic oxidation sites excluding steroid dienone is 3. The highest BCUT2D eigenvalue weighted by molar-refractivity contribution is 5.60. The maximum atomic E-state index is 3.21. The molecule has 1 aliphatic rings. The molecule has 2 heterocycles. The second kappa shape index (κ2) is 5.05. The topological polar surface area (TPSA) is 7.76 Å². The van der Waals surface area contributed by atoms with E-state index in [4.69, 9.17) is 0 Å². The van der Waals surface area contributed by atoms with Gasteiger partial charge >= 0.3 is 0 Å². The van der Waals surface area contributed by atoms with Gasteiger partial charge in [-0.25, -0.2) is 9.13 Å². The molecule has 92 valence electrons. The van der Waals surface area contributed by atoms with Crippen molar-refractivity contribution in [2.75, 3.05) is 0 Å². The largest absolute Gasteiger partial charge is 0.208 e. The Kier molecular flexibility index (Phi) is 3.09. The second-order valence-electron chi connectivity index (χ2n) is 4.71. The number of aryl methyl sites for hydroxylation is 1. The standard InChI is InChI=1S/C17H16N2/c1-18-10-6-16(7-11-18)17-8-12-19(13-9-17)14-15-4-2-3-5-15/h2-4,6-13H,14H2,1H3/q+2. The number of rotatable bonds is 3. The first-order valence-electron chi connectivity index (χ1n) is 6.38. The van der Waals surface area contributed by atoms with Crippen molar-refractivity contribution >= 4 is 0 Å². The summed E-state index contributed by atoms with van der Waals surface area (Å²) in [6.07, 6.45) is 14.4. The lowest BCUT2D eigenvalue weighted by molar-refractivity contribution is -0.688. The van der Waals surface area contributed by atoms with E-state index in [1.807, 2.05) is 23.8 Å². The van der Waals surface area contributed by atoms with E-state index in [1.54, 1.807) is 0 Å². The molecule has 2 aromatic heterocycles. The highest BCUT2D eigenvalue weighted by Gasteiger charge is 2.06. The lowest BCUT2D eigenvalue weighted by atomic mass is 10.1. The van der Waals surface area contributed by atoms with Crippen LogP contribution in [0.4, 0.5) is 0 Å². The van der Waals surface area contributed by atoms with Gasteiger partial charge in [-0.2, -0.15) is 0 Å². The van der Waals surface area contributed by atoms with Gasteiger partial charge in [-0.3, -0.25) is 0 Å². The van der Waals surface area contributed by atoms with Crippen LogP contribution < -0.4 is 9.13 Å². The first-order valence-corrected chi connectivity index (χ1v) is 6.38. The van der Waals surface area contributed by atoms with Gasteiger partial charge in [-0.1, -0.05) is 6.08 Å². The number of nitrogens with zero attached hydrogens (tertiary/aromatic N) is 2. The summed E-state index contributed by atoms with van der Waals surface area (Å²) in [6, 6.07) is 8.56. The molecular weight excluding hydrogens is 232 g/mol. The Balaban J connectivity index is 1.80. The van der Waals surface area contributed by atoms with E-state index < -0.39 is 0 Å². The van der Waals surface area contributed by atoms with E-state index in [-0.39, 0.29) is 0 Å². The Bertz CT molecular complexity index is 670. The molecule has 2 aromatic rings. The Labute approximate surface area is 113 Å². The van der Waals surface area contributed by atoms with Gasteiger partial charge in [0.2, 0.25) is 0 Å². The van der Waals surface area contributed by atoms with Crippen molar-refractivity contribution in [2.24, 2.45) is 7.05 Å². The summed E-state index contributed by atoms with van der Waals surface area (Å²) in [5.41, 5.74) is 6.91. The Morgan fingerprint density at radius 3 is 2.16 bits per heavy atom. The fourth-order valence-corrected chi connectivity index (χ4v) is 2.11. The second-order valence-corrected chi connectivity index (χ2v) is 4.71. The number of hydrogen-bond donors (Lipinski definition) is 0. The van der Waals surface area contributed by atoms with Crippen LogP contribution in [0.25, 0.3) is 11.1 Å². The lowest BCUT2D eigenvalue weighted by Gasteiger charge is -2.00. The summed E-state index contributed by atoms with van der Waals surface area (Å²) < 4.78 is 4.20. The minimum Gasteiger partial charge on any atom is -0.208 e. The molecule has 0 aliphatic heterocycles. The SMILES string of the molecule is C[n+]1ccc(-c2cc[n+](CC3=C=CC=C3)cc2)cc1. The molecule has 0 aromatic carbocycles. The van der Waals surface area contributed by atoms with Gasteiger partial charge in [-0.05, 0) is 23.3 Å². The highest BCUT2D eigenvalue weighted by atomic mass is 14.9. The molecule has 0 unspecified atom stereocenters. The molecule has 0 saturated carbocycles. The van der Waals surface area contributed by atoms with Crippen LogP contribution in [0.5, 0.6) is 0 Å². The molecule has 0 amide bonds. The highest BCUT2D eigenvalue weighted by Crippen LogP contribution is 2.15. The number of aromatic nitrogens is 2. The summed E-state index contributed by atoms with van der Waals surface area (Å²) >= 11 is 0. The molecule has 3 rings (SSSR count). The van der Waals surface area contributed by atoms with Gasteiger partial charge in [0.1, 0.15) is 7.05 Å². The van der Waals surface area contributed by atoms with E-state index in [0.717, 1.165) is 6.54 Å². The summed E-state index contributed by atoms with van der Waals surface area (Å²) in [4.78, 5) is 0. The monoisotopic (exact) mass is 248 g/mol. The molecule has 19 heavy (non-hydrogen) atoms. The summed E-state index contributed by atoms with van der Waals surface area (Å²) in [7, 11) is 2.03. The normalized spacial score (nSPS) is 12.8. The molecule has 0 saturated heterocycles. The maximum absolute atomic E-state index is 3.21. The van der Waals surface area contributed by atoms with E-state index in [9.17, 15) is 0 Å². The van der Waals surface area contributed by atoms with Crippen molar-refractivity contribution in [3.8, 4) is 11.1 Å². The van der Waals surface area contributed by atoms with Crippen molar-refractivity contribution in [3.63, 3.8) is 0 Å². The zero-order valence-electron chi connectivity index (χ0n) is 11.0. The molecule has 0 radical (unpaired) electrons. The third kappa shape index (κ3) is 2.70. The summed E-state index contributed by atoms with van der Waals surface area (Å²) in [6.45, 7) is 0.872. The molecule has 2 nitrogen and oxygen atoms in total. The molecule has 0 N–H and O–H groups in total. The quantitative estimate of drug-likeness (QED) is 0.580. The van der Waals surface area contributed by atoms with Gasteiger partial charge in [0.15, 0.2) is 31.3 Å². The van der Waals surface area contributed by atoms with E-state index in [1.165, 1.54) is 16.7 Å². The zero-order chi connectivity index (χ0) is 13.1. The Morgan fingerprint density at radius 1 is 0.947 bits per heavy atom. The van der Waals surface area contributed by atoms with Gasteiger partial charge < -0.3 is 0 Å². The third-order valence-corrected chi connectivity index (χ3v) is 3.22. The van der Waals surface area contributed by atoms with Gasteiger partial charge in [-0.15, -0.1) is 5.73 Å². The Hall–Kier alpha value is -2.44. The first kappa shape index (κ1) is 11.6. The molecular formula is C17H16N2+2. The van der Waals surface area contributed by atoms with Crippen LogP contribution in [0.15, 0.2) is 78.6 Å². The van der Waals surface area contributed by atoms with Crippen LogP contribution in [-0.4, -0.2) is 0 Å². The van der Waals surface area contributed by atoms with Crippen molar-refractivity contribution in [1.82, 2.24) is 0 Å². The average Bonchev–Trinajstić information content (AvgIpc) is 2.94. The fourth-order valence-electron chi connectivity index (χ4n) is 2.11. The summed E-state index contributed by atoms with van der Waals surface area (Å²) in [5, 5.41) is 0. The number of hydrogen-bond acceptors (Lipinski definition) is 0. The predicted octanol–water partition coefficient (Wildman–Crippen LogP) is 2.12. The minimum absolute atomic E-state index is 0.872. The third-order valence-electron chi connectivity index (χ3n) is 3.22. The predicted molar refractivity (Wildman–Crippen MR) is 74.0 cm³/mol. The molecule has 0 spiro atoms. The van der Waals surface area contributed by atoms with Crippen molar-refractivity contribution in [3.05, 3.63) is 78.6 Å². The molecule has 0 bridgehead atoms. The summed E-state index contributed by atoms with van der Waals surface area (Å²) in [5.74, 6) is 0. The van der Waals surface area contributed by atoms with Gasteiger partial charge in [0.25, 0.3) is 0 Å². The molecule has 0 fully saturated rings. The first-order chi connectivity index (χ1) is 9.31. The Morgan fingerprint density at radius 2 is 1.58 bits per heavy atom. The minimum atomic E-state index is 0.872. The van der Waals surface area contributed by atoms with E-state index in [2.05, 4.69) is 65.4 Å². The van der Waals surface area contributed by atoms with Crippen LogP contribution >= 0.6 is 0 Å². The van der Waals surface area contributed by atoms with Gasteiger partial charge in [0, 0.05) is 24.3 Å². The van der Waals surface area contributed by atoms with Crippen LogP contribution in [0.3, 0.4) is 0 Å². The van der Waals surface area contributed by atoms with Gasteiger partial charge in [0.05, 0.1) is 5.57 Å². The molecule has 1 aliphatic carbocycles. The zero-order valence-corrected chi connectivity index (χ0v) is 11.0.